The van der Waals surface area contributed by atoms with E-state index >= 15 is 0 Å². The highest BCUT2D eigenvalue weighted by Crippen LogP contribution is 2.33. The quantitative estimate of drug-likeness (QED) is 0.903. The highest BCUT2D eigenvalue weighted by Gasteiger charge is 2.47. The molecule has 2 N–H and O–H groups in total. The smallest absolute Gasteiger partial charge is 0.254 e. The number of amides is 1. The van der Waals surface area contributed by atoms with Crippen molar-refractivity contribution < 1.29 is 9.53 Å². The number of ether oxygens (including phenoxy) is 1. The molecule has 0 spiro atoms. The van der Waals surface area contributed by atoms with Crippen molar-refractivity contribution in [2.45, 2.75) is 43.7 Å². The summed E-state index contributed by atoms with van der Waals surface area (Å²) in [6, 6.07) is 4.29. The first-order chi connectivity index (χ1) is 12.1. The molecule has 0 aromatic carbocycles. The first-order valence-corrected chi connectivity index (χ1v) is 9.42. The second-order valence-corrected chi connectivity index (χ2v) is 7.89. The van der Waals surface area contributed by atoms with Crippen molar-refractivity contribution in [2.75, 3.05) is 38.3 Å². The highest BCUT2D eigenvalue weighted by atomic mass is 16.5. The van der Waals surface area contributed by atoms with Crippen LogP contribution in [0, 0.1) is 5.92 Å². The summed E-state index contributed by atoms with van der Waals surface area (Å²) >= 11 is 0. The van der Waals surface area contributed by atoms with Crippen LogP contribution in [0.5, 0.6) is 0 Å². The molecule has 1 amide bonds. The van der Waals surface area contributed by atoms with E-state index in [1.165, 1.54) is 25.7 Å². The molecule has 1 saturated carbocycles. The van der Waals surface area contributed by atoms with Gasteiger partial charge in [-0.15, -0.1) is 0 Å². The number of carbonyl (C=O) groups excluding carboxylic acids is 1. The van der Waals surface area contributed by atoms with Crippen LogP contribution in [0.25, 0.3) is 0 Å². The van der Waals surface area contributed by atoms with Crippen LogP contribution in [0.3, 0.4) is 0 Å². The largest absolute Gasteiger partial charge is 0.381 e. The summed E-state index contributed by atoms with van der Waals surface area (Å²) in [6.07, 6.45) is 7.55. The lowest BCUT2D eigenvalue weighted by Crippen LogP contribution is -2.52. The first-order valence-electron chi connectivity index (χ1n) is 9.42. The number of rotatable bonds is 3. The molecule has 0 unspecified atom stereocenters. The number of anilines is 1. The molecule has 1 aliphatic carbocycles. The lowest BCUT2D eigenvalue weighted by atomic mass is 9.84. The maximum absolute atomic E-state index is 13.0. The lowest BCUT2D eigenvalue weighted by molar-refractivity contribution is 0.0241. The molecule has 2 aliphatic heterocycles. The average molecular weight is 344 g/mol. The van der Waals surface area contributed by atoms with Crippen molar-refractivity contribution in [3.8, 4) is 0 Å². The number of pyridine rings is 1. The van der Waals surface area contributed by atoms with Crippen LogP contribution in [-0.2, 0) is 4.74 Å². The minimum Gasteiger partial charge on any atom is -0.381 e. The zero-order valence-electron chi connectivity index (χ0n) is 15.0. The first kappa shape index (κ1) is 16.8. The van der Waals surface area contributed by atoms with Gasteiger partial charge in [-0.25, -0.2) is 4.98 Å². The van der Waals surface area contributed by atoms with Gasteiger partial charge in [0.25, 0.3) is 5.91 Å². The molecule has 2 atom stereocenters. The van der Waals surface area contributed by atoms with Crippen molar-refractivity contribution in [3.63, 3.8) is 0 Å². The van der Waals surface area contributed by atoms with E-state index in [0.29, 0.717) is 37.9 Å². The van der Waals surface area contributed by atoms with Gasteiger partial charge in [-0.05, 0) is 31.4 Å². The molecule has 6 heteroatoms. The second kappa shape index (κ2) is 6.57. The summed E-state index contributed by atoms with van der Waals surface area (Å²) in [5.74, 6) is 1.19. The predicted octanol–water partition coefficient (Wildman–Crippen LogP) is 1.65. The van der Waals surface area contributed by atoms with Gasteiger partial charge in [-0.2, -0.15) is 0 Å². The molecule has 3 aliphatic rings. The molecule has 136 valence electrons. The van der Waals surface area contributed by atoms with Crippen molar-refractivity contribution >= 4 is 11.7 Å². The van der Waals surface area contributed by atoms with Crippen LogP contribution in [0.4, 0.5) is 5.82 Å². The number of aromatic nitrogens is 1. The topological polar surface area (TPSA) is 71.7 Å². The number of hydrogen-bond donors (Lipinski definition) is 1. The third-order valence-electron chi connectivity index (χ3n) is 6.28. The van der Waals surface area contributed by atoms with Crippen LogP contribution >= 0.6 is 0 Å². The van der Waals surface area contributed by atoms with Gasteiger partial charge in [0, 0.05) is 56.0 Å². The van der Waals surface area contributed by atoms with Crippen molar-refractivity contribution in [2.24, 2.45) is 11.7 Å². The lowest BCUT2D eigenvalue weighted by Gasteiger charge is -2.34. The SMILES string of the molecule is CN(c1cc(C(=O)N2C[C@@H]3COCC[C@]3(N)C2)ccn1)C1CCCC1. The zero-order chi connectivity index (χ0) is 17.4. The van der Waals surface area contributed by atoms with E-state index < -0.39 is 0 Å². The summed E-state index contributed by atoms with van der Waals surface area (Å²) < 4.78 is 5.56. The molecule has 25 heavy (non-hydrogen) atoms. The van der Waals surface area contributed by atoms with E-state index in [1.807, 2.05) is 17.0 Å². The monoisotopic (exact) mass is 344 g/mol. The van der Waals surface area contributed by atoms with Gasteiger partial charge >= 0.3 is 0 Å². The van der Waals surface area contributed by atoms with E-state index in [9.17, 15) is 4.79 Å². The van der Waals surface area contributed by atoms with E-state index in [2.05, 4.69) is 16.9 Å². The summed E-state index contributed by atoms with van der Waals surface area (Å²) in [5.41, 5.74) is 6.96. The minimum atomic E-state index is -0.287. The minimum absolute atomic E-state index is 0.0581. The third kappa shape index (κ3) is 3.13. The van der Waals surface area contributed by atoms with Crippen LogP contribution in [0.1, 0.15) is 42.5 Å². The fourth-order valence-electron chi connectivity index (χ4n) is 4.55. The molecule has 0 bridgehead atoms. The van der Waals surface area contributed by atoms with Gasteiger partial charge in [0.15, 0.2) is 0 Å². The zero-order valence-corrected chi connectivity index (χ0v) is 15.0. The maximum atomic E-state index is 13.0. The molecule has 6 nitrogen and oxygen atoms in total. The van der Waals surface area contributed by atoms with Gasteiger partial charge < -0.3 is 20.3 Å². The summed E-state index contributed by atoms with van der Waals surface area (Å²) in [4.78, 5) is 21.6. The van der Waals surface area contributed by atoms with E-state index in [0.717, 1.165) is 12.2 Å². The molecule has 1 aromatic heterocycles. The van der Waals surface area contributed by atoms with Gasteiger partial charge in [-0.3, -0.25) is 4.79 Å². The third-order valence-corrected chi connectivity index (χ3v) is 6.28. The van der Waals surface area contributed by atoms with Gasteiger partial charge in [0.2, 0.25) is 0 Å². The molecule has 1 aromatic rings. The Morgan fingerprint density at radius 2 is 2.24 bits per heavy atom. The predicted molar refractivity (Wildman–Crippen MR) is 96.6 cm³/mol. The number of nitrogens with zero attached hydrogens (tertiary/aromatic N) is 3. The number of fused-ring (bicyclic) bond motifs is 1. The summed E-state index contributed by atoms with van der Waals surface area (Å²) in [6.45, 7) is 2.66. The standard InChI is InChI=1S/C19H28N4O2/c1-22(16-4-2-3-5-16)17-10-14(6-8-21-17)18(24)23-11-15-12-25-9-7-19(15,20)13-23/h6,8,10,15-16H,2-5,7,9,11-13,20H2,1H3/t15-,19+/m1/s1. The van der Waals surface area contributed by atoms with Crippen molar-refractivity contribution in [3.05, 3.63) is 23.9 Å². The van der Waals surface area contributed by atoms with Crippen LogP contribution in [-0.4, -0.2) is 60.7 Å². The number of nitrogens with two attached hydrogens (primary N) is 1. The van der Waals surface area contributed by atoms with Crippen molar-refractivity contribution in [1.82, 2.24) is 9.88 Å². The average Bonchev–Trinajstić information content (AvgIpc) is 3.27. The number of hydrogen-bond acceptors (Lipinski definition) is 5. The molecular formula is C19H28N4O2. The Morgan fingerprint density at radius 1 is 1.44 bits per heavy atom. The van der Waals surface area contributed by atoms with Gasteiger partial charge in [-0.1, -0.05) is 12.8 Å². The molecule has 4 rings (SSSR count). The second-order valence-electron chi connectivity index (χ2n) is 7.89. The van der Waals surface area contributed by atoms with Crippen LogP contribution < -0.4 is 10.6 Å². The molecule has 3 heterocycles. The Kier molecular flexibility index (Phi) is 4.41. The Bertz CT molecular complexity index is 646. The van der Waals surface area contributed by atoms with E-state index in [-0.39, 0.29) is 17.4 Å². The fourth-order valence-corrected chi connectivity index (χ4v) is 4.55. The number of likely N-dealkylation sites (tertiary alicyclic amines) is 1. The molecule has 3 fully saturated rings. The summed E-state index contributed by atoms with van der Waals surface area (Å²) in [7, 11) is 2.09. The van der Waals surface area contributed by atoms with Gasteiger partial charge in [0.1, 0.15) is 5.82 Å². The molecule has 0 radical (unpaired) electrons. The van der Waals surface area contributed by atoms with Gasteiger partial charge in [0.05, 0.1) is 6.61 Å². The molecular weight excluding hydrogens is 316 g/mol. The van der Waals surface area contributed by atoms with Crippen LogP contribution in [0.15, 0.2) is 18.3 Å². The van der Waals surface area contributed by atoms with E-state index in [1.54, 1.807) is 6.20 Å². The fraction of sp³-hybridized carbons (Fsp3) is 0.684. The Hall–Kier alpha value is -1.66. The maximum Gasteiger partial charge on any atom is 0.254 e. The Labute approximate surface area is 149 Å². The normalized spacial score (nSPS) is 29.7. The summed E-state index contributed by atoms with van der Waals surface area (Å²) in [5, 5.41) is 0. The Balaban J connectivity index is 1.50. The molecule has 2 saturated heterocycles. The van der Waals surface area contributed by atoms with Crippen molar-refractivity contribution in [1.29, 1.82) is 0 Å². The Morgan fingerprint density at radius 3 is 3.00 bits per heavy atom. The number of carbonyl (C=O) groups is 1. The highest BCUT2D eigenvalue weighted by molar-refractivity contribution is 5.95. The van der Waals surface area contributed by atoms with E-state index in [4.69, 9.17) is 10.5 Å². The van der Waals surface area contributed by atoms with Crippen LogP contribution in [0.2, 0.25) is 0 Å².